The van der Waals surface area contributed by atoms with E-state index in [9.17, 15) is 0 Å². The van der Waals surface area contributed by atoms with Crippen molar-refractivity contribution in [3.63, 3.8) is 0 Å². The van der Waals surface area contributed by atoms with E-state index in [0.29, 0.717) is 5.92 Å². The van der Waals surface area contributed by atoms with E-state index in [1.165, 1.54) is 0 Å². The second-order valence-corrected chi connectivity index (χ2v) is 8.48. The number of rotatable bonds is 4. The van der Waals surface area contributed by atoms with Gasteiger partial charge in [0, 0.05) is 51.4 Å². The molecular weight excluding hydrogens is 400 g/mol. The average Bonchev–Trinajstić information content (AvgIpc) is 3.19. The molecule has 2 fully saturated rings. The molecule has 0 aromatic carbocycles. The molecule has 5 heterocycles. The number of ether oxygens (including phenoxy) is 1. The smallest absolute Gasteiger partial charge is 0.189 e. The molecule has 2 aliphatic rings. The van der Waals surface area contributed by atoms with Gasteiger partial charge in [0.05, 0.1) is 5.69 Å². The number of thioether (sulfide) groups is 1. The van der Waals surface area contributed by atoms with E-state index in [0.717, 1.165) is 86.2 Å². The lowest BCUT2D eigenvalue weighted by molar-refractivity contribution is 0.0843. The minimum atomic E-state index is 0.468. The highest BCUT2D eigenvalue weighted by Gasteiger charge is 2.23. The van der Waals surface area contributed by atoms with Gasteiger partial charge < -0.3 is 14.5 Å². The van der Waals surface area contributed by atoms with Crippen molar-refractivity contribution in [1.29, 1.82) is 0 Å². The third-order valence-electron chi connectivity index (χ3n) is 5.87. The summed E-state index contributed by atoms with van der Waals surface area (Å²) < 4.78 is 7.33. The zero-order valence-electron chi connectivity index (χ0n) is 17.4. The van der Waals surface area contributed by atoms with Crippen LogP contribution < -0.4 is 9.80 Å². The zero-order chi connectivity index (χ0) is 20.5. The highest BCUT2D eigenvalue weighted by molar-refractivity contribution is 7.98. The standard InChI is InChI=1S/C20H26N8OS/c1-14-23-24-17-3-4-18(25-28(14)17)26-7-9-27(10-8-26)19-13-16(21-20(22-19)30-2)15-5-11-29-12-6-15/h3-4,13,15H,5-12H2,1-2H3. The Morgan fingerprint density at radius 2 is 1.70 bits per heavy atom. The lowest BCUT2D eigenvalue weighted by Crippen LogP contribution is -2.47. The molecule has 0 bridgehead atoms. The van der Waals surface area contributed by atoms with Crippen LogP contribution in [0.3, 0.4) is 0 Å². The van der Waals surface area contributed by atoms with Crippen LogP contribution in [0.4, 0.5) is 11.6 Å². The van der Waals surface area contributed by atoms with Crippen LogP contribution in [0.15, 0.2) is 23.4 Å². The third kappa shape index (κ3) is 3.81. The van der Waals surface area contributed by atoms with Crippen molar-refractivity contribution in [2.45, 2.75) is 30.8 Å². The molecule has 3 aromatic rings. The molecule has 0 N–H and O–H groups in total. The Kier molecular flexibility index (Phi) is 5.43. The van der Waals surface area contributed by atoms with Crippen molar-refractivity contribution in [3.05, 3.63) is 29.7 Å². The van der Waals surface area contributed by atoms with E-state index >= 15 is 0 Å². The largest absolute Gasteiger partial charge is 0.381 e. The fraction of sp³-hybridized carbons (Fsp3) is 0.550. The summed E-state index contributed by atoms with van der Waals surface area (Å²) in [6.07, 6.45) is 4.11. The summed E-state index contributed by atoms with van der Waals surface area (Å²) in [5, 5.41) is 13.8. The fourth-order valence-corrected chi connectivity index (χ4v) is 4.49. The fourth-order valence-electron chi connectivity index (χ4n) is 4.11. The van der Waals surface area contributed by atoms with Crippen LogP contribution in [0.5, 0.6) is 0 Å². The molecule has 0 atom stereocenters. The van der Waals surface area contributed by atoms with Crippen LogP contribution in [-0.2, 0) is 4.74 Å². The predicted molar refractivity (Wildman–Crippen MR) is 117 cm³/mol. The normalized spacial score (nSPS) is 18.3. The summed E-state index contributed by atoms with van der Waals surface area (Å²) in [4.78, 5) is 14.3. The van der Waals surface area contributed by atoms with Crippen LogP contribution >= 0.6 is 11.8 Å². The van der Waals surface area contributed by atoms with Gasteiger partial charge in [-0.15, -0.1) is 15.3 Å². The summed E-state index contributed by atoms with van der Waals surface area (Å²) in [6, 6.07) is 6.19. The van der Waals surface area contributed by atoms with Crippen molar-refractivity contribution in [2.24, 2.45) is 0 Å². The van der Waals surface area contributed by atoms with Crippen LogP contribution in [-0.4, -0.2) is 75.4 Å². The van der Waals surface area contributed by atoms with Crippen molar-refractivity contribution < 1.29 is 4.74 Å². The second-order valence-electron chi connectivity index (χ2n) is 7.71. The molecule has 0 saturated carbocycles. The molecule has 0 aliphatic carbocycles. The van der Waals surface area contributed by atoms with Gasteiger partial charge in [-0.1, -0.05) is 11.8 Å². The molecular formula is C20H26N8OS. The first kappa shape index (κ1) is 19.5. The number of hydrogen-bond donors (Lipinski definition) is 0. The minimum Gasteiger partial charge on any atom is -0.381 e. The number of aryl methyl sites for hydroxylation is 1. The quantitative estimate of drug-likeness (QED) is 0.460. The van der Waals surface area contributed by atoms with E-state index in [-0.39, 0.29) is 0 Å². The molecule has 0 spiro atoms. The Labute approximate surface area is 179 Å². The van der Waals surface area contributed by atoms with Gasteiger partial charge in [-0.2, -0.15) is 4.52 Å². The van der Waals surface area contributed by atoms with Gasteiger partial charge >= 0.3 is 0 Å². The van der Waals surface area contributed by atoms with Gasteiger partial charge in [0.25, 0.3) is 0 Å². The number of anilines is 2. The highest BCUT2D eigenvalue weighted by Crippen LogP contribution is 2.29. The van der Waals surface area contributed by atoms with Gasteiger partial charge in [0.2, 0.25) is 0 Å². The van der Waals surface area contributed by atoms with Crippen molar-refractivity contribution >= 4 is 29.0 Å². The number of aromatic nitrogens is 6. The van der Waals surface area contributed by atoms with E-state index in [1.807, 2.05) is 25.3 Å². The number of nitrogens with zero attached hydrogens (tertiary/aromatic N) is 8. The Morgan fingerprint density at radius 1 is 0.967 bits per heavy atom. The molecule has 2 aliphatic heterocycles. The number of fused-ring (bicyclic) bond motifs is 1. The first-order valence-electron chi connectivity index (χ1n) is 10.4. The molecule has 0 amide bonds. The third-order valence-corrected chi connectivity index (χ3v) is 6.41. The van der Waals surface area contributed by atoms with Gasteiger partial charge in [-0.3, -0.25) is 0 Å². The first-order chi connectivity index (χ1) is 14.7. The minimum absolute atomic E-state index is 0.468. The molecule has 0 unspecified atom stereocenters. The van der Waals surface area contributed by atoms with E-state index in [2.05, 4.69) is 26.1 Å². The molecule has 5 rings (SSSR count). The van der Waals surface area contributed by atoms with Gasteiger partial charge in [-0.25, -0.2) is 9.97 Å². The molecule has 9 nitrogen and oxygen atoms in total. The molecule has 3 aromatic heterocycles. The zero-order valence-corrected chi connectivity index (χ0v) is 18.2. The van der Waals surface area contributed by atoms with E-state index in [4.69, 9.17) is 19.8 Å². The molecule has 10 heteroatoms. The first-order valence-corrected chi connectivity index (χ1v) is 11.6. The summed E-state index contributed by atoms with van der Waals surface area (Å²) in [7, 11) is 0. The molecule has 2 saturated heterocycles. The topological polar surface area (TPSA) is 84.6 Å². The summed E-state index contributed by atoms with van der Waals surface area (Å²) in [5.41, 5.74) is 1.94. The van der Waals surface area contributed by atoms with E-state index < -0.39 is 0 Å². The van der Waals surface area contributed by atoms with Crippen LogP contribution in [0.2, 0.25) is 0 Å². The van der Waals surface area contributed by atoms with Gasteiger partial charge in [0.1, 0.15) is 11.6 Å². The summed E-state index contributed by atoms with van der Waals surface area (Å²) >= 11 is 1.61. The van der Waals surface area contributed by atoms with Crippen molar-refractivity contribution in [3.8, 4) is 0 Å². The Hall–Kier alpha value is -2.46. The Morgan fingerprint density at radius 3 is 2.43 bits per heavy atom. The predicted octanol–water partition coefficient (Wildman–Crippen LogP) is 2.17. The summed E-state index contributed by atoms with van der Waals surface area (Å²) in [5.74, 6) is 3.27. The Balaban J connectivity index is 1.32. The van der Waals surface area contributed by atoms with Gasteiger partial charge in [0.15, 0.2) is 16.6 Å². The van der Waals surface area contributed by atoms with E-state index in [1.54, 1.807) is 16.3 Å². The van der Waals surface area contributed by atoms with Crippen molar-refractivity contribution in [2.75, 3.05) is 55.4 Å². The van der Waals surface area contributed by atoms with Crippen LogP contribution in [0, 0.1) is 6.92 Å². The van der Waals surface area contributed by atoms with Crippen LogP contribution in [0.25, 0.3) is 5.65 Å². The molecule has 158 valence electrons. The highest BCUT2D eigenvalue weighted by atomic mass is 32.2. The lowest BCUT2D eigenvalue weighted by atomic mass is 9.96. The van der Waals surface area contributed by atoms with Crippen LogP contribution in [0.1, 0.15) is 30.3 Å². The maximum absolute atomic E-state index is 5.53. The number of piperazine rings is 1. The van der Waals surface area contributed by atoms with Gasteiger partial charge in [-0.05, 0) is 38.2 Å². The summed E-state index contributed by atoms with van der Waals surface area (Å²) in [6.45, 7) is 7.15. The monoisotopic (exact) mass is 426 g/mol. The van der Waals surface area contributed by atoms with Crippen molar-refractivity contribution in [1.82, 2.24) is 29.8 Å². The Bertz CT molecular complexity index is 1030. The SMILES string of the molecule is CSc1nc(C2CCOCC2)cc(N2CCN(c3ccc4nnc(C)n4n3)CC2)n1. The molecule has 30 heavy (non-hydrogen) atoms. The maximum atomic E-state index is 5.53. The lowest BCUT2D eigenvalue weighted by Gasteiger charge is -2.36. The average molecular weight is 427 g/mol. The maximum Gasteiger partial charge on any atom is 0.189 e. The number of hydrogen-bond acceptors (Lipinski definition) is 9. The molecule has 0 radical (unpaired) electrons. The second kappa shape index (κ2) is 8.35.